The lowest BCUT2D eigenvalue weighted by Crippen LogP contribution is -2.24. The van der Waals surface area contributed by atoms with E-state index >= 15 is 0 Å². The quantitative estimate of drug-likeness (QED) is 0.473. The molecule has 0 N–H and O–H groups in total. The Kier molecular flexibility index (Phi) is 6.03. The molecule has 0 bridgehead atoms. The van der Waals surface area contributed by atoms with Gasteiger partial charge in [0.25, 0.3) is 0 Å². The molecule has 1 aromatic heterocycles. The third kappa shape index (κ3) is 6.75. The van der Waals surface area contributed by atoms with Crippen LogP contribution in [0.1, 0.15) is 26.6 Å². The molecule has 0 amide bonds. The molecule has 0 spiro atoms. The largest absolute Gasteiger partial charge is 0.459 e. The van der Waals surface area contributed by atoms with Crippen molar-refractivity contribution in [3.63, 3.8) is 0 Å². The smallest absolute Gasteiger partial charge is 0.316 e. The predicted molar refractivity (Wildman–Crippen MR) is 74.3 cm³/mol. The average molecular weight is 305 g/mol. The summed E-state index contributed by atoms with van der Waals surface area (Å²) in [5.41, 5.74) is -0.484. The maximum atomic E-state index is 11.6. The molecule has 5 nitrogen and oxygen atoms in total. The summed E-state index contributed by atoms with van der Waals surface area (Å²) >= 11 is 7.13. The number of aromatic nitrogens is 2. The topological polar surface area (TPSA) is 61.3 Å². The van der Waals surface area contributed by atoms with Gasteiger partial charge in [0.1, 0.15) is 22.4 Å². The minimum absolute atomic E-state index is 0.178. The summed E-state index contributed by atoms with van der Waals surface area (Å²) < 4.78 is 10.2. The average Bonchev–Trinajstić information content (AvgIpc) is 2.24. The third-order valence-electron chi connectivity index (χ3n) is 1.75. The summed E-state index contributed by atoms with van der Waals surface area (Å²) in [5, 5.41) is 0.951. The summed E-state index contributed by atoms with van der Waals surface area (Å²) in [5.74, 6) is 0.374. The first-order chi connectivity index (χ1) is 8.80. The summed E-state index contributed by atoms with van der Waals surface area (Å²) in [6, 6.07) is 1.61. The van der Waals surface area contributed by atoms with E-state index in [2.05, 4.69) is 9.97 Å². The zero-order valence-corrected chi connectivity index (χ0v) is 13.0. The molecule has 1 rings (SSSR count). The van der Waals surface area contributed by atoms with E-state index in [1.165, 1.54) is 11.8 Å². The number of thioether (sulfide) groups is 1. The monoisotopic (exact) mass is 304 g/mol. The van der Waals surface area contributed by atoms with Gasteiger partial charge >= 0.3 is 5.97 Å². The van der Waals surface area contributed by atoms with Gasteiger partial charge < -0.3 is 9.47 Å². The Hall–Kier alpha value is -0.850. The van der Waals surface area contributed by atoms with E-state index in [0.717, 1.165) is 0 Å². The fraction of sp³-hybridized carbons (Fsp3) is 0.583. The maximum absolute atomic E-state index is 11.6. The fourth-order valence-corrected chi connectivity index (χ4v) is 2.17. The van der Waals surface area contributed by atoms with Crippen LogP contribution in [0.15, 0.2) is 11.1 Å². The Morgan fingerprint density at radius 2 is 2.11 bits per heavy atom. The standard InChI is InChI=1S/C12H17ClN2O3S/c1-12(2,3)18-11(16)7-19-10-5-8(13)14-9(15-10)6-17-4/h5H,6-7H2,1-4H3. The third-order valence-corrected chi connectivity index (χ3v) is 2.83. The van der Waals surface area contributed by atoms with Gasteiger partial charge in [-0.2, -0.15) is 0 Å². The lowest BCUT2D eigenvalue weighted by atomic mass is 10.2. The van der Waals surface area contributed by atoms with Gasteiger partial charge in [-0.3, -0.25) is 4.79 Å². The van der Waals surface area contributed by atoms with E-state index in [9.17, 15) is 4.79 Å². The highest BCUT2D eigenvalue weighted by Gasteiger charge is 2.16. The molecule has 19 heavy (non-hydrogen) atoms. The van der Waals surface area contributed by atoms with Gasteiger partial charge in [0.15, 0.2) is 5.82 Å². The van der Waals surface area contributed by atoms with Crippen molar-refractivity contribution in [1.82, 2.24) is 9.97 Å². The molecule has 0 fully saturated rings. The summed E-state index contributed by atoms with van der Waals surface area (Å²) in [7, 11) is 1.55. The van der Waals surface area contributed by atoms with Crippen LogP contribution in [0, 0.1) is 0 Å². The van der Waals surface area contributed by atoms with Crippen molar-refractivity contribution >= 4 is 29.3 Å². The normalized spacial score (nSPS) is 11.4. The molecule has 7 heteroatoms. The Morgan fingerprint density at radius 1 is 1.42 bits per heavy atom. The zero-order chi connectivity index (χ0) is 14.5. The number of hydrogen-bond donors (Lipinski definition) is 0. The van der Waals surface area contributed by atoms with Crippen molar-refractivity contribution in [1.29, 1.82) is 0 Å². The van der Waals surface area contributed by atoms with E-state index in [1.54, 1.807) is 13.2 Å². The van der Waals surface area contributed by atoms with Crippen molar-refractivity contribution in [2.24, 2.45) is 0 Å². The SMILES string of the molecule is COCc1nc(Cl)cc(SCC(=O)OC(C)(C)C)n1. The molecule has 0 aliphatic rings. The second kappa shape index (κ2) is 7.07. The second-order valence-electron chi connectivity index (χ2n) is 4.75. The first kappa shape index (κ1) is 16.2. The minimum atomic E-state index is -0.484. The number of carbonyl (C=O) groups excluding carboxylic acids is 1. The van der Waals surface area contributed by atoms with Gasteiger partial charge in [0.05, 0.1) is 5.75 Å². The lowest BCUT2D eigenvalue weighted by molar-refractivity contribution is -0.151. The van der Waals surface area contributed by atoms with Crippen LogP contribution in [0.25, 0.3) is 0 Å². The van der Waals surface area contributed by atoms with Gasteiger partial charge in [0, 0.05) is 13.2 Å². The Bertz CT molecular complexity index is 449. The molecular weight excluding hydrogens is 288 g/mol. The van der Waals surface area contributed by atoms with E-state index < -0.39 is 5.60 Å². The Balaban J connectivity index is 2.60. The van der Waals surface area contributed by atoms with Crippen LogP contribution in [-0.2, 0) is 20.9 Å². The minimum Gasteiger partial charge on any atom is -0.459 e. The number of methoxy groups -OCH3 is 1. The van der Waals surface area contributed by atoms with E-state index in [4.69, 9.17) is 21.1 Å². The number of halogens is 1. The van der Waals surface area contributed by atoms with Crippen molar-refractivity contribution in [2.75, 3.05) is 12.9 Å². The van der Waals surface area contributed by atoms with Crippen LogP contribution < -0.4 is 0 Å². The van der Waals surface area contributed by atoms with Crippen LogP contribution >= 0.6 is 23.4 Å². The molecular formula is C12H17ClN2O3S. The van der Waals surface area contributed by atoms with E-state index in [-0.39, 0.29) is 18.3 Å². The van der Waals surface area contributed by atoms with E-state index in [1.807, 2.05) is 20.8 Å². The van der Waals surface area contributed by atoms with Gasteiger partial charge in [0.2, 0.25) is 0 Å². The number of hydrogen-bond acceptors (Lipinski definition) is 6. The van der Waals surface area contributed by atoms with Gasteiger partial charge in [-0.05, 0) is 20.8 Å². The van der Waals surface area contributed by atoms with Crippen molar-refractivity contribution < 1.29 is 14.3 Å². The summed E-state index contributed by atoms with van der Waals surface area (Å²) in [4.78, 5) is 19.8. The van der Waals surface area contributed by atoms with Crippen molar-refractivity contribution in [3.8, 4) is 0 Å². The lowest BCUT2D eigenvalue weighted by Gasteiger charge is -2.19. The summed E-state index contributed by atoms with van der Waals surface area (Å²) in [6.07, 6.45) is 0. The molecule has 0 aliphatic carbocycles. The molecule has 0 saturated heterocycles. The molecule has 0 atom stereocenters. The molecule has 106 valence electrons. The molecule has 0 radical (unpaired) electrons. The van der Waals surface area contributed by atoms with Crippen LogP contribution in [0.2, 0.25) is 5.15 Å². The first-order valence-electron chi connectivity index (χ1n) is 5.67. The zero-order valence-electron chi connectivity index (χ0n) is 11.4. The number of esters is 1. The molecule has 0 aromatic carbocycles. The highest BCUT2D eigenvalue weighted by atomic mass is 35.5. The van der Waals surface area contributed by atoms with Crippen molar-refractivity contribution in [2.45, 2.75) is 38.0 Å². The van der Waals surface area contributed by atoms with Gasteiger partial charge in [-0.15, -0.1) is 0 Å². The fourth-order valence-electron chi connectivity index (χ4n) is 1.21. The molecule has 0 saturated carbocycles. The van der Waals surface area contributed by atoms with E-state index in [0.29, 0.717) is 16.0 Å². The Morgan fingerprint density at radius 3 is 2.68 bits per heavy atom. The highest BCUT2D eigenvalue weighted by Crippen LogP contribution is 2.20. The number of rotatable bonds is 5. The second-order valence-corrected chi connectivity index (χ2v) is 6.14. The van der Waals surface area contributed by atoms with Gasteiger partial charge in [-0.1, -0.05) is 23.4 Å². The first-order valence-corrected chi connectivity index (χ1v) is 7.03. The number of nitrogens with zero attached hydrogens (tertiary/aromatic N) is 2. The Labute approximate surface area is 122 Å². The maximum Gasteiger partial charge on any atom is 0.316 e. The van der Waals surface area contributed by atoms with Crippen molar-refractivity contribution in [3.05, 3.63) is 17.0 Å². The van der Waals surface area contributed by atoms with Crippen LogP contribution in [0.4, 0.5) is 0 Å². The molecule has 1 heterocycles. The number of ether oxygens (including phenoxy) is 2. The molecule has 0 aliphatic heterocycles. The van der Waals surface area contributed by atoms with Crippen LogP contribution in [0.3, 0.4) is 0 Å². The summed E-state index contributed by atoms with van der Waals surface area (Å²) in [6.45, 7) is 5.76. The molecule has 1 aromatic rings. The molecule has 0 unspecified atom stereocenters. The van der Waals surface area contributed by atoms with Crippen LogP contribution in [0.5, 0.6) is 0 Å². The number of carbonyl (C=O) groups is 1. The predicted octanol–water partition coefficient (Wildman–Crippen LogP) is 2.71. The van der Waals surface area contributed by atoms with Gasteiger partial charge in [-0.25, -0.2) is 9.97 Å². The van der Waals surface area contributed by atoms with Crippen LogP contribution in [-0.4, -0.2) is 34.4 Å². The highest BCUT2D eigenvalue weighted by molar-refractivity contribution is 7.99.